The zero-order valence-electron chi connectivity index (χ0n) is 16.4. The van der Waals surface area contributed by atoms with Crippen molar-refractivity contribution in [1.29, 1.82) is 5.26 Å². The molecule has 0 saturated carbocycles. The number of benzene rings is 1. The van der Waals surface area contributed by atoms with E-state index in [0.29, 0.717) is 18.8 Å². The van der Waals surface area contributed by atoms with Gasteiger partial charge in [0, 0.05) is 38.1 Å². The predicted molar refractivity (Wildman–Crippen MR) is 107 cm³/mol. The lowest BCUT2D eigenvalue weighted by Gasteiger charge is -2.21. The number of nitriles is 1. The third-order valence-electron chi connectivity index (χ3n) is 4.78. The maximum atomic E-state index is 13.2. The molecule has 0 aliphatic carbocycles. The number of rotatable bonds is 6. The summed E-state index contributed by atoms with van der Waals surface area (Å²) in [6.07, 6.45) is 3.70. The van der Waals surface area contributed by atoms with Gasteiger partial charge >= 0.3 is 0 Å². The predicted octanol–water partition coefficient (Wildman–Crippen LogP) is 3.66. The highest BCUT2D eigenvalue weighted by Crippen LogP contribution is 2.23. The summed E-state index contributed by atoms with van der Waals surface area (Å²) in [4.78, 5) is 19.0. The van der Waals surface area contributed by atoms with E-state index < -0.39 is 0 Å². The Balaban J connectivity index is 1.89. The van der Waals surface area contributed by atoms with Crippen molar-refractivity contribution in [3.63, 3.8) is 0 Å². The second-order valence-electron chi connectivity index (χ2n) is 6.83. The molecule has 0 atom stereocenters. The van der Waals surface area contributed by atoms with Crippen molar-refractivity contribution >= 4 is 5.91 Å². The minimum Gasteiger partial charge on any atom is -0.332 e. The number of carbonyl (C=O) groups excluding carboxylic acids is 1. The van der Waals surface area contributed by atoms with Crippen LogP contribution in [-0.4, -0.2) is 32.1 Å². The molecule has 2 heterocycles. The van der Waals surface area contributed by atoms with Crippen LogP contribution in [0.4, 0.5) is 0 Å². The van der Waals surface area contributed by atoms with Gasteiger partial charge in [-0.3, -0.25) is 14.5 Å². The van der Waals surface area contributed by atoms with Crippen LogP contribution in [0.2, 0.25) is 0 Å². The lowest BCUT2D eigenvalue weighted by molar-refractivity contribution is 0.0735. The van der Waals surface area contributed by atoms with Gasteiger partial charge in [-0.1, -0.05) is 18.2 Å². The first-order valence-electron chi connectivity index (χ1n) is 9.16. The molecule has 2 aromatic heterocycles. The maximum Gasteiger partial charge on any atom is 0.272 e. The Labute approximate surface area is 165 Å². The van der Waals surface area contributed by atoms with Gasteiger partial charge in [0.15, 0.2) is 0 Å². The summed E-state index contributed by atoms with van der Waals surface area (Å²) >= 11 is 0. The Hall–Kier alpha value is -3.46. The molecule has 3 rings (SSSR count). The molecule has 0 fully saturated rings. The summed E-state index contributed by atoms with van der Waals surface area (Å²) in [5.74, 6) is -0.149. The lowest BCUT2D eigenvalue weighted by Crippen LogP contribution is -2.32. The highest BCUT2D eigenvalue weighted by Gasteiger charge is 2.21. The zero-order valence-corrected chi connectivity index (χ0v) is 16.4. The first-order valence-corrected chi connectivity index (χ1v) is 9.16. The second-order valence-corrected chi connectivity index (χ2v) is 6.83. The third kappa shape index (κ3) is 4.26. The molecule has 0 N–H and O–H groups in total. The molecule has 0 radical (unpaired) electrons. The zero-order chi connectivity index (χ0) is 20.1. The summed E-state index contributed by atoms with van der Waals surface area (Å²) in [5.41, 5.74) is 5.56. The Morgan fingerprint density at radius 2 is 2.04 bits per heavy atom. The van der Waals surface area contributed by atoms with Crippen molar-refractivity contribution in [2.45, 2.75) is 26.8 Å². The SMILES string of the molecule is Cc1ccc(-c2cc(C(=O)N(CCC#N)Cc3cccnc3)n(C)n2)cc1C. The lowest BCUT2D eigenvalue weighted by atomic mass is 10.0. The van der Waals surface area contributed by atoms with E-state index in [0.717, 1.165) is 16.8 Å². The van der Waals surface area contributed by atoms with Crippen molar-refractivity contribution in [1.82, 2.24) is 19.7 Å². The van der Waals surface area contributed by atoms with Crippen LogP contribution >= 0.6 is 0 Å². The van der Waals surface area contributed by atoms with Crippen molar-refractivity contribution in [2.75, 3.05) is 6.54 Å². The number of nitrogens with zero attached hydrogens (tertiary/aromatic N) is 5. The minimum absolute atomic E-state index is 0.149. The van der Waals surface area contributed by atoms with Crippen molar-refractivity contribution in [2.24, 2.45) is 7.05 Å². The van der Waals surface area contributed by atoms with E-state index in [2.05, 4.69) is 42.1 Å². The minimum atomic E-state index is -0.149. The molecule has 0 spiro atoms. The molecule has 0 bridgehead atoms. The first kappa shape index (κ1) is 19.3. The summed E-state index contributed by atoms with van der Waals surface area (Å²) in [6, 6.07) is 13.8. The van der Waals surface area contributed by atoms with Gasteiger partial charge < -0.3 is 4.90 Å². The van der Waals surface area contributed by atoms with Crippen molar-refractivity contribution in [3.8, 4) is 17.3 Å². The molecular weight excluding hydrogens is 350 g/mol. The van der Waals surface area contributed by atoms with Crippen LogP contribution in [0.1, 0.15) is 33.6 Å². The molecule has 142 valence electrons. The number of aromatic nitrogens is 3. The number of carbonyl (C=O) groups is 1. The summed E-state index contributed by atoms with van der Waals surface area (Å²) in [7, 11) is 1.77. The normalized spacial score (nSPS) is 10.5. The number of hydrogen-bond acceptors (Lipinski definition) is 4. The fourth-order valence-corrected chi connectivity index (χ4v) is 3.02. The fourth-order valence-electron chi connectivity index (χ4n) is 3.02. The molecule has 0 saturated heterocycles. The Kier molecular flexibility index (Phi) is 5.85. The molecule has 6 heteroatoms. The van der Waals surface area contributed by atoms with E-state index in [1.165, 1.54) is 11.1 Å². The summed E-state index contributed by atoms with van der Waals surface area (Å²) in [6.45, 7) is 4.89. The molecule has 1 aromatic carbocycles. The van der Waals surface area contributed by atoms with Gasteiger partial charge in [0.25, 0.3) is 5.91 Å². The topological polar surface area (TPSA) is 74.8 Å². The van der Waals surface area contributed by atoms with Crippen LogP contribution in [0.25, 0.3) is 11.3 Å². The largest absolute Gasteiger partial charge is 0.332 e. The summed E-state index contributed by atoms with van der Waals surface area (Å²) in [5, 5.41) is 13.5. The van der Waals surface area contributed by atoms with Gasteiger partial charge in [-0.15, -0.1) is 0 Å². The molecular formula is C22H23N5O. The van der Waals surface area contributed by atoms with Crippen LogP contribution in [0.3, 0.4) is 0 Å². The van der Waals surface area contributed by atoms with E-state index in [4.69, 9.17) is 5.26 Å². The number of aryl methyl sites for hydroxylation is 3. The van der Waals surface area contributed by atoms with Crippen LogP contribution in [0.5, 0.6) is 0 Å². The van der Waals surface area contributed by atoms with Crippen LogP contribution in [0.15, 0.2) is 48.8 Å². The molecule has 0 aliphatic rings. The third-order valence-corrected chi connectivity index (χ3v) is 4.78. The number of hydrogen-bond donors (Lipinski definition) is 0. The molecule has 0 unspecified atom stereocenters. The first-order chi connectivity index (χ1) is 13.5. The molecule has 3 aromatic rings. The van der Waals surface area contributed by atoms with E-state index in [9.17, 15) is 4.79 Å². The highest BCUT2D eigenvalue weighted by atomic mass is 16.2. The van der Waals surface area contributed by atoms with Crippen LogP contribution in [-0.2, 0) is 13.6 Å². The fraction of sp³-hybridized carbons (Fsp3) is 0.273. The Bertz CT molecular complexity index is 1020. The Morgan fingerprint density at radius 1 is 1.21 bits per heavy atom. The van der Waals surface area contributed by atoms with E-state index in [-0.39, 0.29) is 12.3 Å². The van der Waals surface area contributed by atoms with Gasteiger partial charge in [0.1, 0.15) is 5.69 Å². The van der Waals surface area contributed by atoms with Gasteiger partial charge in [-0.2, -0.15) is 10.4 Å². The molecule has 0 aliphatic heterocycles. The van der Waals surface area contributed by atoms with Gasteiger partial charge in [-0.05, 0) is 48.7 Å². The average molecular weight is 373 g/mol. The average Bonchev–Trinajstić information content (AvgIpc) is 3.09. The molecule has 6 nitrogen and oxygen atoms in total. The van der Waals surface area contributed by atoms with E-state index in [1.54, 1.807) is 29.0 Å². The quantitative estimate of drug-likeness (QED) is 0.661. The smallest absolute Gasteiger partial charge is 0.272 e. The standard InChI is InChI=1S/C22H23N5O/c1-16-7-8-19(12-17(16)2)20-13-21(26(3)25-20)22(28)27(11-5-9-23)15-18-6-4-10-24-14-18/h4,6-8,10,12-14H,5,11,15H2,1-3H3. The monoisotopic (exact) mass is 373 g/mol. The van der Waals surface area contributed by atoms with Crippen molar-refractivity contribution in [3.05, 3.63) is 71.2 Å². The number of amides is 1. The van der Waals surface area contributed by atoms with E-state index in [1.807, 2.05) is 24.3 Å². The Morgan fingerprint density at radius 3 is 2.71 bits per heavy atom. The highest BCUT2D eigenvalue weighted by molar-refractivity contribution is 5.93. The molecule has 28 heavy (non-hydrogen) atoms. The van der Waals surface area contributed by atoms with Gasteiger partial charge in [0.2, 0.25) is 0 Å². The maximum absolute atomic E-state index is 13.2. The summed E-state index contributed by atoms with van der Waals surface area (Å²) < 4.78 is 1.61. The van der Waals surface area contributed by atoms with Crippen LogP contribution < -0.4 is 0 Å². The van der Waals surface area contributed by atoms with Gasteiger partial charge in [-0.25, -0.2) is 0 Å². The molecule has 1 amide bonds. The van der Waals surface area contributed by atoms with Gasteiger partial charge in [0.05, 0.1) is 18.2 Å². The second kappa shape index (κ2) is 8.49. The number of pyridine rings is 1. The van der Waals surface area contributed by atoms with E-state index >= 15 is 0 Å². The van der Waals surface area contributed by atoms with Crippen molar-refractivity contribution < 1.29 is 4.79 Å². The van der Waals surface area contributed by atoms with Crippen LogP contribution in [0, 0.1) is 25.2 Å².